The van der Waals surface area contributed by atoms with E-state index in [1.54, 1.807) is 25.3 Å². The highest BCUT2D eigenvalue weighted by Gasteiger charge is 2.06. The number of ether oxygens (including phenoxy) is 2. The van der Waals surface area contributed by atoms with Crippen molar-refractivity contribution >= 4 is 17.4 Å². The lowest BCUT2D eigenvalue weighted by Crippen LogP contribution is -1.98. The van der Waals surface area contributed by atoms with Gasteiger partial charge in [-0.15, -0.1) is 0 Å². The molecule has 0 aliphatic heterocycles. The van der Waals surface area contributed by atoms with Crippen LogP contribution < -0.4 is 9.47 Å². The highest BCUT2D eigenvalue weighted by Crippen LogP contribution is 2.26. The molecule has 0 heterocycles. The molecule has 2 rings (SSSR count). The second-order valence-corrected chi connectivity index (χ2v) is 4.75. The van der Waals surface area contributed by atoms with E-state index in [4.69, 9.17) is 21.1 Å². The zero-order valence-electron chi connectivity index (χ0n) is 11.4. The minimum absolute atomic E-state index is 0.0198. The van der Waals surface area contributed by atoms with Crippen molar-refractivity contribution in [2.45, 2.75) is 13.5 Å². The Hall–Kier alpha value is -2.00. The Morgan fingerprint density at radius 2 is 1.85 bits per heavy atom. The summed E-state index contributed by atoms with van der Waals surface area (Å²) < 4.78 is 10.7. The topological polar surface area (TPSA) is 35.5 Å². The molecule has 0 N–H and O–H groups in total. The van der Waals surface area contributed by atoms with Crippen LogP contribution in [0.15, 0.2) is 42.5 Å². The first-order valence-corrected chi connectivity index (χ1v) is 6.54. The maximum Gasteiger partial charge on any atom is 0.159 e. The number of hydrogen-bond acceptors (Lipinski definition) is 3. The summed E-state index contributed by atoms with van der Waals surface area (Å²) in [5.74, 6) is 1.35. The first-order valence-electron chi connectivity index (χ1n) is 6.16. The van der Waals surface area contributed by atoms with Crippen molar-refractivity contribution in [1.29, 1.82) is 0 Å². The van der Waals surface area contributed by atoms with Crippen molar-refractivity contribution in [3.05, 3.63) is 58.6 Å². The van der Waals surface area contributed by atoms with E-state index in [1.807, 2.05) is 24.3 Å². The van der Waals surface area contributed by atoms with E-state index in [2.05, 4.69) is 0 Å². The zero-order valence-corrected chi connectivity index (χ0v) is 12.1. The van der Waals surface area contributed by atoms with Gasteiger partial charge in [0.1, 0.15) is 18.1 Å². The number of carbonyl (C=O) groups is 1. The molecule has 0 aliphatic carbocycles. The molecule has 0 spiro atoms. The van der Waals surface area contributed by atoms with Crippen LogP contribution in [0.2, 0.25) is 5.02 Å². The molecule has 4 heteroatoms. The summed E-state index contributed by atoms with van der Waals surface area (Å²) in [5, 5.41) is 0.436. The Morgan fingerprint density at radius 3 is 2.40 bits per heavy atom. The fourth-order valence-electron chi connectivity index (χ4n) is 1.72. The number of halogens is 1. The molecular formula is C16H15ClO3. The Labute approximate surface area is 123 Å². The van der Waals surface area contributed by atoms with Crippen LogP contribution in [0.3, 0.4) is 0 Å². The predicted molar refractivity (Wildman–Crippen MR) is 78.8 cm³/mol. The summed E-state index contributed by atoms with van der Waals surface area (Å²) in [5.41, 5.74) is 1.59. The average molecular weight is 291 g/mol. The molecule has 2 aromatic rings. The Kier molecular flexibility index (Phi) is 4.64. The molecular weight excluding hydrogens is 276 g/mol. The van der Waals surface area contributed by atoms with E-state index in [9.17, 15) is 4.79 Å². The van der Waals surface area contributed by atoms with E-state index in [-0.39, 0.29) is 5.78 Å². The van der Waals surface area contributed by atoms with Crippen LogP contribution in [-0.4, -0.2) is 12.9 Å². The molecule has 0 saturated heterocycles. The molecule has 2 aromatic carbocycles. The molecule has 0 fully saturated rings. The van der Waals surface area contributed by atoms with Gasteiger partial charge in [0.15, 0.2) is 5.78 Å². The molecule has 0 unspecified atom stereocenters. The number of carbonyl (C=O) groups excluding carboxylic acids is 1. The maximum absolute atomic E-state index is 11.2. The minimum Gasteiger partial charge on any atom is -0.497 e. The average Bonchev–Trinajstić information content (AvgIpc) is 2.46. The second-order valence-electron chi connectivity index (χ2n) is 4.34. The third-order valence-electron chi connectivity index (χ3n) is 2.89. The van der Waals surface area contributed by atoms with Crippen molar-refractivity contribution in [3.8, 4) is 11.5 Å². The van der Waals surface area contributed by atoms with Gasteiger partial charge in [-0.1, -0.05) is 23.7 Å². The van der Waals surface area contributed by atoms with Crippen molar-refractivity contribution in [3.63, 3.8) is 0 Å². The van der Waals surface area contributed by atoms with E-state index >= 15 is 0 Å². The van der Waals surface area contributed by atoms with Crippen LogP contribution in [0.5, 0.6) is 11.5 Å². The van der Waals surface area contributed by atoms with E-state index in [1.165, 1.54) is 6.92 Å². The smallest absolute Gasteiger partial charge is 0.159 e. The van der Waals surface area contributed by atoms with Gasteiger partial charge < -0.3 is 9.47 Å². The zero-order chi connectivity index (χ0) is 14.5. The van der Waals surface area contributed by atoms with Crippen LogP contribution in [-0.2, 0) is 6.61 Å². The SMILES string of the molecule is COc1ccc(COc2ccc(C(C)=O)cc2Cl)cc1. The summed E-state index contributed by atoms with van der Waals surface area (Å²) >= 11 is 6.09. The predicted octanol–water partition coefficient (Wildman–Crippen LogP) is 4.13. The Balaban J connectivity index is 2.04. The van der Waals surface area contributed by atoms with Crippen LogP contribution in [0.1, 0.15) is 22.8 Å². The number of Topliss-reactive ketones (excluding diaryl/α,β-unsaturated/α-hetero) is 1. The number of methoxy groups -OCH3 is 1. The molecule has 0 saturated carbocycles. The third kappa shape index (κ3) is 3.52. The highest BCUT2D eigenvalue weighted by molar-refractivity contribution is 6.32. The third-order valence-corrected chi connectivity index (χ3v) is 3.19. The van der Waals surface area contributed by atoms with E-state index in [0.717, 1.165) is 11.3 Å². The van der Waals surface area contributed by atoms with Crippen LogP contribution in [0, 0.1) is 0 Å². The Morgan fingerprint density at radius 1 is 1.15 bits per heavy atom. The van der Waals surface area contributed by atoms with Gasteiger partial charge in [0.25, 0.3) is 0 Å². The standard InChI is InChI=1S/C16H15ClO3/c1-11(18)13-5-8-16(15(17)9-13)20-10-12-3-6-14(19-2)7-4-12/h3-9H,10H2,1-2H3. The maximum atomic E-state index is 11.2. The largest absolute Gasteiger partial charge is 0.497 e. The molecule has 3 nitrogen and oxygen atoms in total. The summed E-state index contributed by atoms with van der Waals surface area (Å²) in [6.07, 6.45) is 0. The number of benzene rings is 2. The quantitative estimate of drug-likeness (QED) is 0.777. The van der Waals surface area contributed by atoms with Crippen molar-refractivity contribution in [2.24, 2.45) is 0 Å². The molecule has 0 amide bonds. The molecule has 0 bridgehead atoms. The lowest BCUT2D eigenvalue weighted by molar-refractivity contribution is 0.101. The minimum atomic E-state index is -0.0198. The molecule has 0 atom stereocenters. The summed E-state index contributed by atoms with van der Waals surface area (Å²) in [6, 6.07) is 12.6. The fraction of sp³-hybridized carbons (Fsp3) is 0.188. The highest BCUT2D eigenvalue weighted by atomic mass is 35.5. The van der Waals surface area contributed by atoms with Crippen LogP contribution in [0.4, 0.5) is 0 Å². The van der Waals surface area contributed by atoms with Gasteiger partial charge in [-0.2, -0.15) is 0 Å². The molecule has 0 radical (unpaired) electrons. The van der Waals surface area contributed by atoms with E-state index in [0.29, 0.717) is 22.9 Å². The lowest BCUT2D eigenvalue weighted by atomic mass is 10.1. The van der Waals surface area contributed by atoms with E-state index < -0.39 is 0 Å². The second kappa shape index (κ2) is 6.44. The summed E-state index contributed by atoms with van der Waals surface area (Å²) in [4.78, 5) is 11.2. The molecule has 0 aliphatic rings. The number of hydrogen-bond donors (Lipinski definition) is 0. The Bertz CT molecular complexity index is 606. The summed E-state index contributed by atoms with van der Waals surface area (Å²) in [6.45, 7) is 1.91. The fourth-order valence-corrected chi connectivity index (χ4v) is 1.95. The van der Waals surface area contributed by atoms with Gasteiger partial charge in [0.2, 0.25) is 0 Å². The lowest BCUT2D eigenvalue weighted by Gasteiger charge is -2.09. The van der Waals surface area contributed by atoms with Gasteiger partial charge in [0.05, 0.1) is 12.1 Å². The van der Waals surface area contributed by atoms with Gasteiger partial charge in [-0.25, -0.2) is 0 Å². The first kappa shape index (κ1) is 14.4. The summed E-state index contributed by atoms with van der Waals surface area (Å²) in [7, 11) is 1.63. The van der Waals surface area contributed by atoms with Crippen molar-refractivity contribution in [2.75, 3.05) is 7.11 Å². The van der Waals surface area contributed by atoms with Gasteiger partial charge >= 0.3 is 0 Å². The number of ketones is 1. The van der Waals surface area contributed by atoms with Gasteiger partial charge in [0, 0.05) is 5.56 Å². The normalized spacial score (nSPS) is 10.2. The van der Waals surface area contributed by atoms with Crippen LogP contribution in [0.25, 0.3) is 0 Å². The van der Waals surface area contributed by atoms with Gasteiger partial charge in [-0.05, 0) is 42.8 Å². The van der Waals surface area contributed by atoms with Gasteiger partial charge in [-0.3, -0.25) is 4.79 Å². The van der Waals surface area contributed by atoms with Crippen molar-refractivity contribution in [1.82, 2.24) is 0 Å². The monoisotopic (exact) mass is 290 g/mol. The molecule has 104 valence electrons. The number of rotatable bonds is 5. The molecule has 0 aromatic heterocycles. The first-order chi connectivity index (χ1) is 9.60. The molecule has 20 heavy (non-hydrogen) atoms. The van der Waals surface area contributed by atoms with Crippen LogP contribution >= 0.6 is 11.6 Å². The van der Waals surface area contributed by atoms with Crippen molar-refractivity contribution < 1.29 is 14.3 Å².